The Balaban J connectivity index is 2.27. The van der Waals surface area contributed by atoms with E-state index in [9.17, 15) is 10.1 Å². The standard InChI is InChI=1S/C13H10N4O2/c1-9-12(10-5-3-2-4-6-10)13-14-7-11(17(18)19)8-16(13)15-9/h2-8H,1H3. The quantitative estimate of drug-likeness (QED) is 0.520. The first-order valence-electron chi connectivity index (χ1n) is 5.71. The van der Waals surface area contributed by atoms with E-state index in [1.54, 1.807) is 0 Å². The maximum Gasteiger partial charge on any atom is 0.305 e. The first-order valence-corrected chi connectivity index (χ1v) is 5.71. The van der Waals surface area contributed by atoms with E-state index in [1.165, 1.54) is 16.9 Å². The Bertz CT molecular complexity index is 765. The molecule has 0 saturated heterocycles. The van der Waals surface area contributed by atoms with Crippen LogP contribution >= 0.6 is 0 Å². The monoisotopic (exact) mass is 254 g/mol. The predicted octanol–water partition coefficient (Wildman–Crippen LogP) is 2.61. The maximum absolute atomic E-state index is 10.7. The molecular weight excluding hydrogens is 244 g/mol. The van der Waals surface area contributed by atoms with E-state index in [-0.39, 0.29) is 5.69 Å². The number of benzene rings is 1. The molecule has 0 unspecified atom stereocenters. The first-order chi connectivity index (χ1) is 9.16. The third-order valence-corrected chi connectivity index (χ3v) is 2.91. The summed E-state index contributed by atoms with van der Waals surface area (Å²) in [5.74, 6) is 0. The van der Waals surface area contributed by atoms with E-state index >= 15 is 0 Å². The molecule has 0 spiro atoms. The number of fused-ring (bicyclic) bond motifs is 1. The summed E-state index contributed by atoms with van der Waals surface area (Å²) in [5, 5.41) is 15.0. The lowest BCUT2D eigenvalue weighted by atomic mass is 10.1. The molecule has 3 aromatic rings. The molecule has 0 aliphatic rings. The molecule has 0 radical (unpaired) electrons. The molecule has 2 heterocycles. The average Bonchev–Trinajstić information content (AvgIpc) is 2.74. The maximum atomic E-state index is 10.7. The summed E-state index contributed by atoms with van der Waals surface area (Å²) >= 11 is 0. The number of hydrogen-bond acceptors (Lipinski definition) is 4. The van der Waals surface area contributed by atoms with E-state index in [4.69, 9.17) is 0 Å². The molecule has 19 heavy (non-hydrogen) atoms. The lowest BCUT2D eigenvalue weighted by Crippen LogP contribution is -1.95. The normalized spacial score (nSPS) is 10.8. The van der Waals surface area contributed by atoms with Gasteiger partial charge in [0.15, 0.2) is 5.65 Å². The lowest BCUT2D eigenvalue weighted by molar-refractivity contribution is -0.385. The van der Waals surface area contributed by atoms with E-state index in [0.717, 1.165) is 16.8 Å². The van der Waals surface area contributed by atoms with Crippen molar-refractivity contribution in [2.75, 3.05) is 0 Å². The third-order valence-electron chi connectivity index (χ3n) is 2.91. The lowest BCUT2D eigenvalue weighted by Gasteiger charge is -1.99. The van der Waals surface area contributed by atoms with Crippen LogP contribution in [0, 0.1) is 17.0 Å². The van der Waals surface area contributed by atoms with E-state index in [0.29, 0.717) is 5.65 Å². The van der Waals surface area contributed by atoms with Gasteiger partial charge in [0.2, 0.25) is 0 Å². The number of nitrogens with zero attached hydrogens (tertiary/aromatic N) is 4. The highest BCUT2D eigenvalue weighted by Gasteiger charge is 2.15. The minimum atomic E-state index is -0.481. The molecule has 0 aliphatic heterocycles. The second-order valence-electron chi connectivity index (χ2n) is 4.16. The van der Waals surface area contributed by atoms with Crippen LogP contribution in [-0.4, -0.2) is 19.5 Å². The summed E-state index contributed by atoms with van der Waals surface area (Å²) in [7, 11) is 0. The Morgan fingerprint density at radius 2 is 2.00 bits per heavy atom. The van der Waals surface area contributed by atoms with E-state index < -0.39 is 4.92 Å². The smallest absolute Gasteiger partial charge is 0.258 e. The fraction of sp³-hybridized carbons (Fsp3) is 0.0769. The van der Waals surface area contributed by atoms with Crippen LogP contribution < -0.4 is 0 Å². The summed E-state index contributed by atoms with van der Waals surface area (Å²) in [6.45, 7) is 1.86. The Hall–Kier alpha value is -2.76. The van der Waals surface area contributed by atoms with E-state index in [2.05, 4.69) is 10.1 Å². The molecule has 1 aromatic carbocycles. The Kier molecular flexibility index (Phi) is 2.49. The highest BCUT2D eigenvalue weighted by Crippen LogP contribution is 2.27. The van der Waals surface area contributed by atoms with Crippen molar-refractivity contribution >= 4 is 11.3 Å². The van der Waals surface area contributed by atoms with E-state index in [1.807, 2.05) is 37.3 Å². The van der Waals surface area contributed by atoms with Gasteiger partial charge in [-0.1, -0.05) is 30.3 Å². The summed E-state index contributed by atoms with van der Waals surface area (Å²) in [6.07, 6.45) is 2.63. The molecule has 0 N–H and O–H groups in total. The summed E-state index contributed by atoms with van der Waals surface area (Å²) < 4.78 is 1.45. The topological polar surface area (TPSA) is 73.3 Å². The van der Waals surface area contributed by atoms with Gasteiger partial charge < -0.3 is 0 Å². The minimum Gasteiger partial charge on any atom is -0.258 e. The number of nitro groups is 1. The Morgan fingerprint density at radius 3 is 2.68 bits per heavy atom. The molecule has 0 fully saturated rings. The molecule has 94 valence electrons. The van der Waals surface area contributed by atoms with Gasteiger partial charge in [0.25, 0.3) is 0 Å². The van der Waals surface area contributed by atoms with Gasteiger partial charge in [0, 0.05) is 5.56 Å². The van der Waals surface area contributed by atoms with Crippen molar-refractivity contribution in [1.82, 2.24) is 14.6 Å². The molecule has 0 aliphatic carbocycles. The van der Waals surface area contributed by atoms with Crippen LogP contribution in [0.25, 0.3) is 16.8 Å². The van der Waals surface area contributed by atoms with Crippen LogP contribution in [-0.2, 0) is 0 Å². The van der Waals surface area contributed by atoms with Crippen molar-refractivity contribution in [2.24, 2.45) is 0 Å². The number of rotatable bonds is 2. The van der Waals surface area contributed by atoms with Crippen molar-refractivity contribution < 1.29 is 4.92 Å². The molecule has 2 aromatic heterocycles. The Labute approximate surface area is 108 Å². The van der Waals surface area contributed by atoms with Crippen molar-refractivity contribution in [1.29, 1.82) is 0 Å². The van der Waals surface area contributed by atoms with Crippen LogP contribution in [0.5, 0.6) is 0 Å². The summed E-state index contributed by atoms with van der Waals surface area (Å²) in [5.41, 5.74) is 3.23. The second-order valence-corrected chi connectivity index (χ2v) is 4.16. The number of hydrogen-bond donors (Lipinski definition) is 0. The van der Waals surface area contributed by atoms with Crippen LogP contribution in [0.2, 0.25) is 0 Å². The van der Waals surface area contributed by atoms with Gasteiger partial charge in [-0.25, -0.2) is 9.50 Å². The van der Waals surface area contributed by atoms with Crippen LogP contribution in [0.1, 0.15) is 5.69 Å². The highest BCUT2D eigenvalue weighted by atomic mass is 16.6. The zero-order chi connectivity index (χ0) is 13.4. The van der Waals surface area contributed by atoms with Gasteiger partial charge in [-0.05, 0) is 12.5 Å². The molecule has 6 nitrogen and oxygen atoms in total. The molecule has 0 amide bonds. The SMILES string of the molecule is Cc1nn2cc([N+](=O)[O-])cnc2c1-c1ccccc1. The van der Waals surface area contributed by atoms with Crippen LogP contribution in [0.3, 0.4) is 0 Å². The summed E-state index contributed by atoms with van der Waals surface area (Å²) in [4.78, 5) is 14.4. The molecular formula is C13H10N4O2. The molecule has 0 saturated carbocycles. The Morgan fingerprint density at radius 1 is 1.26 bits per heavy atom. The van der Waals surface area contributed by atoms with Crippen molar-refractivity contribution in [3.8, 4) is 11.1 Å². The van der Waals surface area contributed by atoms with Gasteiger partial charge in [-0.15, -0.1) is 0 Å². The number of aromatic nitrogens is 3. The van der Waals surface area contributed by atoms with Crippen molar-refractivity contribution in [3.63, 3.8) is 0 Å². The highest BCUT2D eigenvalue weighted by molar-refractivity contribution is 5.79. The minimum absolute atomic E-state index is 0.0744. The predicted molar refractivity (Wildman–Crippen MR) is 69.8 cm³/mol. The van der Waals surface area contributed by atoms with Gasteiger partial charge in [0.1, 0.15) is 12.4 Å². The van der Waals surface area contributed by atoms with Gasteiger partial charge in [-0.3, -0.25) is 10.1 Å². The average molecular weight is 254 g/mol. The molecule has 0 atom stereocenters. The zero-order valence-electron chi connectivity index (χ0n) is 10.1. The van der Waals surface area contributed by atoms with Crippen LogP contribution in [0.15, 0.2) is 42.7 Å². The van der Waals surface area contributed by atoms with Gasteiger partial charge in [-0.2, -0.15) is 5.10 Å². The second kappa shape index (κ2) is 4.16. The largest absolute Gasteiger partial charge is 0.305 e. The van der Waals surface area contributed by atoms with Gasteiger partial charge >= 0.3 is 5.69 Å². The summed E-state index contributed by atoms with van der Waals surface area (Å²) in [6, 6.07) is 9.73. The van der Waals surface area contributed by atoms with Gasteiger partial charge in [0.05, 0.1) is 10.6 Å². The molecule has 0 bridgehead atoms. The fourth-order valence-electron chi connectivity index (χ4n) is 2.07. The molecule has 3 rings (SSSR count). The van der Waals surface area contributed by atoms with Crippen molar-refractivity contribution in [2.45, 2.75) is 6.92 Å². The van der Waals surface area contributed by atoms with Crippen LogP contribution in [0.4, 0.5) is 5.69 Å². The first kappa shape index (κ1) is 11.3. The molecule has 6 heteroatoms. The third kappa shape index (κ3) is 1.83. The number of aryl methyl sites for hydroxylation is 1. The fourth-order valence-corrected chi connectivity index (χ4v) is 2.07. The van der Waals surface area contributed by atoms with Crippen molar-refractivity contribution in [3.05, 3.63) is 58.5 Å². The zero-order valence-corrected chi connectivity index (χ0v) is 10.1.